The molecule has 0 aliphatic heterocycles. The molecule has 0 radical (unpaired) electrons. The number of nitrogens with zero attached hydrogens (tertiary/aromatic N) is 5. The van der Waals surface area contributed by atoms with E-state index in [4.69, 9.17) is 10.8 Å². The zero-order valence-electron chi connectivity index (χ0n) is 21.4. The molecule has 0 saturated heterocycles. The Labute approximate surface area is 220 Å². The van der Waals surface area contributed by atoms with Crippen LogP contribution in [0.1, 0.15) is 46.6 Å². The molecule has 0 aliphatic carbocycles. The second-order valence-electron chi connectivity index (χ2n) is 9.89. The molecule has 0 spiro atoms. The van der Waals surface area contributed by atoms with Crippen molar-refractivity contribution in [3.8, 4) is 11.3 Å². The summed E-state index contributed by atoms with van der Waals surface area (Å²) in [5.41, 5.74) is 10.2. The number of carbonyl (C=O) groups excluding carboxylic acids is 1. The molecule has 37 heavy (non-hydrogen) atoms. The van der Waals surface area contributed by atoms with E-state index in [1.807, 2.05) is 31.2 Å². The Bertz CT molecular complexity index is 1370. The molecule has 4 aromatic rings. The lowest BCUT2D eigenvalue weighted by molar-refractivity contribution is 0.0954. The van der Waals surface area contributed by atoms with Gasteiger partial charge in [-0.2, -0.15) is 5.10 Å². The third-order valence-electron chi connectivity index (χ3n) is 5.65. The van der Waals surface area contributed by atoms with Gasteiger partial charge in [-0.25, -0.2) is 15.0 Å². The van der Waals surface area contributed by atoms with E-state index in [9.17, 15) is 4.79 Å². The molecule has 1 unspecified atom stereocenters. The number of aryl methyl sites for hydroxylation is 1. The molecule has 3 heterocycles. The Balaban J connectivity index is 1.40. The van der Waals surface area contributed by atoms with Gasteiger partial charge in [0.1, 0.15) is 4.88 Å². The van der Waals surface area contributed by atoms with E-state index in [-0.39, 0.29) is 24.0 Å². The van der Waals surface area contributed by atoms with Gasteiger partial charge in [-0.1, -0.05) is 32.9 Å². The maximum absolute atomic E-state index is 12.6. The molecule has 0 bridgehead atoms. The van der Waals surface area contributed by atoms with Crippen molar-refractivity contribution in [3.63, 3.8) is 0 Å². The lowest BCUT2D eigenvalue weighted by Crippen LogP contribution is -2.29. The summed E-state index contributed by atoms with van der Waals surface area (Å²) in [6, 6.07) is 7.51. The molecule has 1 amide bonds. The summed E-state index contributed by atoms with van der Waals surface area (Å²) in [4.78, 5) is 26.6. The predicted octanol–water partition coefficient (Wildman–Crippen LogP) is 3.40. The lowest BCUT2D eigenvalue weighted by atomic mass is 9.98. The summed E-state index contributed by atoms with van der Waals surface area (Å²) in [6.45, 7) is 8.99. The van der Waals surface area contributed by atoms with Crippen molar-refractivity contribution in [1.82, 2.24) is 30.0 Å². The van der Waals surface area contributed by atoms with Crippen molar-refractivity contribution in [3.05, 3.63) is 70.1 Å². The van der Waals surface area contributed by atoms with Crippen LogP contribution in [-0.2, 0) is 18.5 Å². The van der Waals surface area contributed by atoms with E-state index < -0.39 is 0 Å². The Hall–Kier alpha value is -3.67. The number of nitrogens with two attached hydrogens (primary N) is 1. The molecule has 0 fully saturated rings. The fourth-order valence-corrected chi connectivity index (χ4v) is 4.47. The van der Waals surface area contributed by atoms with Crippen molar-refractivity contribution in [2.24, 2.45) is 5.73 Å². The first-order valence-electron chi connectivity index (χ1n) is 12.0. The third kappa shape index (κ3) is 6.76. The van der Waals surface area contributed by atoms with Crippen molar-refractivity contribution in [1.29, 1.82) is 0 Å². The van der Waals surface area contributed by atoms with Crippen LogP contribution in [0.3, 0.4) is 0 Å². The number of aromatic nitrogens is 5. The summed E-state index contributed by atoms with van der Waals surface area (Å²) < 4.78 is 1.66. The Morgan fingerprint density at radius 1 is 1.22 bits per heavy atom. The van der Waals surface area contributed by atoms with Gasteiger partial charge in [-0.15, -0.1) is 11.3 Å². The van der Waals surface area contributed by atoms with Gasteiger partial charge >= 0.3 is 0 Å². The van der Waals surface area contributed by atoms with E-state index in [1.165, 1.54) is 11.3 Å². The second kappa shape index (κ2) is 11.2. The van der Waals surface area contributed by atoms with Crippen LogP contribution in [0.25, 0.3) is 11.3 Å². The minimum Gasteiger partial charge on any atom is -0.395 e. The quantitative estimate of drug-likeness (QED) is 0.263. The van der Waals surface area contributed by atoms with Gasteiger partial charge in [0.15, 0.2) is 0 Å². The number of carbonyl (C=O) groups is 1. The Morgan fingerprint density at radius 2 is 2.03 bits per heavy atom. The number of amides is 1. The fourth-order valence-electron chi connectivity index (χ4n) is 3.58. The van der Waals surface area contributed by atoms with Crippen LogP contribution in [0, 0.1) is 6.92 Å². The summed E-state index contributed by atoms with van der Waals surface area (Å²) in [7, 11) is 0. The van der Waals surface area contributed by atoms with E-state index >= 15 is 0 Å². The van der Waals surface area contributed by atoms with Crippen LogP contribution in [0.5, 0.6) is 0 Å². The number of hydrogen-bond acceptors (Lipinski definition) is 9. The molecule has 1 aromatic carbocycles. The normalized spacial score (nSPS) is 12.4. The maximum Gasteiger partial charge on any atom is 0.263 e. The SMILES string of the molecule is Cc1cc(-c2ccnc(Nc3cnn(CC(N)CO)c3)n2)ccc1CNC(=O)c1cnc(C(C)(C)C)s1. The van der Waals surface area contributed by atoms with Crippen molar-refractivity contribution < 1.29 is 9.90 Å². The van der Waals surface area contributed by atoms with Crippen molar-refractivity contribution >= 4 is 28.9 Å². The molecular weight excluding hydrogens is 488 g/mol. The number of anilines is 2. The highest BCUT2D eigenvalue weighted by Gasteiger charge is 2.20. The number of benzene rings is 1. The number of thiazole rings is 1. The number of hydrogen-bond donors (Lipinski definition) is 4. The van der Waals surface area contributed by atoms with Crippen LogP contribution >= 0.6 is 11.3 Å². The summed E-state index contributed by atoms with van der Waals surface area (Å²) in [6.07, 6.45) is 6.78. The number of aliphatic hydroxyl groups is 1. The lowest BCUT2D eigenvalue weighted by Gasteiger charge is -2.13. The van der Waals surface area contributed by atoms with Crippen LogP contribution in [0.2, 0.25) is 0 Å². The smallest absolute Gasteiger partial charge is 0.263 e. The Kier molecular flexibility index (Phi) is 7.96. The minimum absolute atomic E-state index is 0.0809. The minimum atomic E-state index is -0.374. The molecule has 1 atom stereocenters. The first-order chi connectivity index (χ1) is 17.6. The zero-order valence-corrected chi connectivity index (χ0v) is 22.2. The van der Waals surface area contributed by atoms with Gasteiger partial charge in [-0.3, -0.25) is 9.48 Å². The number of rotatable bonds is 9. The van der Waals surface area contributed by atoms with E-state index in [0.29, 0.717) is 23.9 Å². The van der Waals surface area contributed by atoms with Gasteiger partial charge in [0.05, 0.1) is 41.9 Å². The monoisotopic (exact) mass is 520 g/mol. The highest BCUT2D eigenvalue weighted by Crippen LogP contribution is 2.27. The third-order valence-corrected chi connectivity index (χ3v) is 7.07. The predicted molar refractivity (Wildman–Crippen MR) is 145 cm³/mol. The second-order valence-corrected chi connectivity index (χ2v) is 10.9. The first-order valence-corrected chi connectivity index (χ1v) is 12.8. The maximum atomic E-state index is 12.6. The molecule has 3 aromatic heterocycles. The first kappa shape index (κ1) is 26.4. The molecule has 0 saturated carbocycles. The van der Waals surface area contributed by atoms with Crippen LogP contribution in [-0.4, -0.2) is 48.4 Å². The molecule has 11 heteroatoms. The topological polar surface area (TPSA) is 144 Å². The molecule has 10 nitrogen and oxygen atoms in total. The van der Waals surface area contributed by atoms with Gasteiger partial charge < -0.3 is 21.5 Å². The Morgan fingerprint density at radius 3 is 2.73 bits per heavy atom. The molecular formula is C26H32N8O2S. The van der Waals surface area contributed by atoms with Gasteiger partial charge in [0.2, 0.25) is 5.95 Å². The molecule has 194 valence electrons. The zero-order chi connectivity index (χ0) is 26.6. The van der Waals surface area contributed by atoms with Gasteiger partial charge in [0.25, 0.3) is 5.91 Å². The van der Waals surface area contributed by atoms with E-state index in [0.717, 1.165) is 33.1 Å². The standard InChI is InChI=1S/C26H32N8O2S/c1-16-9-17(5-6-18(16)10-29-23(36)22-12-30-24(37-22)26(2,3)4)21-7-8-28-25(33-21)32-20-11-31-34(14-20)13-19(27)15-35/h5-9,11-12,14,19,35H,10,13,15,27H2,1-4H3,(H,29,36)(H,28,32,33). The summed E-state index contributed by atoms with van der Waals surface area (Å²) >= 11 is 1.43. The van der Waals surface area contributed by atoms with E-state index in [1.54, 1.807) is 29.5 Å². The highest BCUT2D eigenvalue weighted by atomic mass is 32.1. The highest BCUT2D eigenvalue weighted by molar-refractivity contribution is 7.13. The van der Waals surface area contributed by atoms with Crippen molar-refractivity contribution in [2.75, 3.05) is 11.9 Å². The number of aliphatic hydroxyl groups excluding tert-OH is 1. The fraction of sp³-hybridized carbons (Fsp3) is 0.346. The summed E-state index contributed by atoms with van der Waals surface area (Å²) in [5, 5.41) is 20.4. The number of nitrogens with one attached hydrogen (secondary N) is 2. The largest absolute Gasteiger partial charge is 0.395 e. The van der Waals surface area contributed by atoms with Crippen LogP contribution < -0.4 is 16.4 Å². The summed E-state index contributed by atoms with van der Waals surface area (Å²) in [5.74, 6) is 0.321. The molecule has 5 N–H and O–H groups in total. The van der Waals surface area contributed by atoms with Gasteiger partial charge in [0, 0.05) is 36.0 Å². The van der Waals surface area contributed by atoms with E-state index in [2.05, 4.69) is 51.5 Å². The average molecular weight is 521 g/mol. The average Bonchev–Trinajstić information content (AvgIpc) is 3.53. The van der Waals surface area contributed by atoms with Gasteiger partial charge in [-0.05, 0) is 30.2 Å². The van der Waals surface area contributed by atoms with Crippen LogP contribution in [0.4, 0.5) is 11.6 Å². The molecule has 4 rings (SSSR count). The van der Waals surface area contributed by atoms with Crippen LogP contribution in [0.15, 0.2) is 49.1 Å². The molecule has 0 aliphatic rings. The van der Waals surface area contributed by atoms with Crippen molar-refractivity contribution in [2.45, 2.75) is 52.2 Å².